The number of amides is 1. The van der Waals surface area contributed by atoms with Gasteiger partial charge in [0.1, 0.15) is 0 Å². The molecule has 4 rings (SSSR count). The highest BCUT2D eigenvalue weighted by Gasteiger charge is 2.20. The Morgan fingerprint density at radius 1 is 1.17 bits per heavy atom. The zero-order valence-electron chi connectivity index (χ0n) is 12.5. The van der Waals surface area contributed by atoms with E-state index in [2.05, 4.69) is 22.4 Å². The lowest BCUT2D eigenvalue weighted by Gasteiger charge is -2.25. The van der Waals surface area contributed by atoms with Crippen LogP contribution >= 0.6 is 11.3 Å². The highest BCUT2D eigenvalue weighted by molar-refractivity contribution is 7.20. The molecule has 1 aliphatic heterocycles. The van der Waals surface area contributed by atoms with Crippen molar-refractivity contribution in [1.82, 2.24) is 10.3 Å². The minimum absolute atomic E-state index is 0.0169. The summed E-state index contributed by atoms with van der Waals surface area (Å²) in [6, 6.07) is 16.1. The van der Waals surface area contributed by atoms with E-state index >= 15 is 0 Å². The highest BCUT2D eigenvalue weighted by atomic mass is 32.1. The predicted molar refractivity (Wildman–Crippen MR) is 90.7 cm³/mol. The van der Waals surface area contributed by atoms with Gasteiger partial charge in [0.05, 0.1) is 22.9 Å². The van der Waals surface area contributed by atoms with Gasteiger partial charge in [0.15, 0.2) is 5.01 Å². The fourth-order valence-corrected chi connectivity index (χ4v) is 3.67. The average Bonchev–Trinajstić information content (AvgIpc) is 3.04. The maximum Gasteiger partial charge on any atom is 0.280 e. The monoisotopic (exact) mass is 324 g/mol. The van der Waals surface area contributed by atoms with Gasteiger partial charge in [-0.25, -0.2) is 4.98 Å². The van der Waals surface area contributed by atoms with Crippen LogP contribution in [0.25, 0.3) is 10.2 Å². The number of carbonyl (C=O) groups is 1. The van der Waals surface area contributed by atoms with Crippen molar-refractivity contribution in [3.8, 4) is 0 Å². The van der Waals surface area contributed by atoms with Crippen molar-refractivity contribution in [3.63, 3.8) is 0 Å². The molecule has 0 bridgehead atoms. The summed E-state index contributed by atoms with van der Waals surface area (Å²) in [4.78, 5) is 16.7. The number of hydrogen-bond acceptors (Lipinski definition) is 4. The van der Waals surface area contributed by atoms with Crippen molar-refractivity contribution in [2.75, 3.05) is 6.54 Å². The quantitative estimate of drug-likeness (QED) is 0.805. The Bertz CT molecular complexity index is 826. The normalized spacial score (nSPS) is 17.0. The number of aromatic nitrogens is 1. The van der Waals surface area contributed by atoms with E-state index in [1.807, 2.05) is 36.4 Å². The third-order valence-electron chi connectivity index (χ3n) is 4.02. The Morgan fingerprint density at radius 2 is 1.96 bits per heavy atom. The van der Waals surface area contributed by atoms with Crippen molar-refractivity contribution in [2.45, 2.75) is 19.1 Å². The first-order chi connectivity index (χ1) is 11.3. The fourth-order valence-electron chi connectivity index (χ4n) is 2.79. The smallest absolute Gasteiger partial charge is 0.280 e. The van der Waals surface area contributed by atoms with Crippen LogP contribution in [0.15, 0.2) is 48.5 Å². The van der Waals surface area contributed by atoms with E-state index < -0.39 is 0 Å². The molecule has 4 nitrogen and oxygen atoms in total. The number of hydrogen-bond donors (Lipinski definition) is 1. The minimum atomic E-state index is -0.131. The first-order valence-corrected chi connectivity index (χ1v) is 8.43. The van der Waals surface area contributed by atoms with Gasteiger partial charge >= 0.3 is 0 Å². The number of fused-ring (bicyclic) bond motifs is 2. The van der Waals surface area contributed by atoms with Crippen LogP contribution in [0.2, 0.25) is 0 Å². The second-order valence-electron chi connectivity index (χ2n) is 5.60. The van der Waals surface area contributed by atoms with Gasteiger partial charge in [0, 0.05) is 13.0 Å². The lowest BCUT2D eigenvalue weighted by molar-refractivity contribution is 0.0285. The number of carbonyl (C=O) groups excluding carboxylic acids is 1. The highest BCUT2D eigenvalue weighted by Crippen LogP contribution is 2.22. The molecule has 0 spiro atoms. The number of ether oxygens (including phenoxy) is 1. The van der Waals surface area contributed by atoms with E-state index in [1.165, 1.54) is 22.5 Å². The topological polar surface area (TPSA) is 51.2 Å². The zero-order chi connectivity index (χ0) is 15.6. The largest absolute Gasteiger partial charge is 0.371 e. The van der Waals surface area contributed by atoms with Crippen LogP contribution in [0.5, 0.6) is 0 Å². The maximum absolute atomic E-state index is 12.3. The molecule has 2 heterocycles. The molecule has 2 aromatic carbocycles. The van der Waals surface area contributed by atoms with Crippen molar-refractivity contribution in [3.05, 3.63) is 64.7 Å². The van der Waals surface area contributed by atoms with E-state index in [0.717, 1.165) is 16.6 Å². The minimum Gasteiger partial charge on any atom is -0.371 e. The Labute approximate surface area is 138 Å². The summed E-state index contributed by atoms with van der Waals surface area (Å²) in [6.07, 6.45) is 0.847. The van der Waals surface area contributed by atoms with Gasteiger partial charge in [-0.05, 0) is 23.3 Å². The predicted octanol–water partition coefficient (Wildman–Crippen LogP) is 3.17. The second-order valence-corrected chi connectivity index (χ2v) is 6.63. The van der Waals surface area contributed by atoms with E-state index in [1.54, 1.807) is 0 Å². The Balaban J connectivity index is 1.40. The number of benzene rings is 2. The summed E-state index contributed by atoms with van der Waals surface area (Å²) >= 11 is 1.42. The van der Waals surface area contributed by atoms with E-state index in [-0.39, 0.29) is 12.0 Å². The summed E-state index contributed by atoms with van der Waals surface area (Å²) in [5.41, 5.74) is 3.41. The van der Waals surface area contributed by atoms with Gasteiger partial charge in [-0.2, -0.15) is 0 Å². The van der Waals surface area contributed by atoms with Crippen LogP contribution in [-0.4, -0.2) is 23.5 Å². The van der Waals surface area contributed by atoms with Gasteiger partial charge < -0.3 is 10.1 Å². The number of nitrogens with zero attached hydrogens (tertiary/aromatic N) is 1. The standard InChI is InChI=1S/C18H16N2O2S/c21-17(18-20-15-7-3-4-8-16(15)23-18)19-10-14-9-12-5-1-2-6-13(12)11-22-14/h1-8,14H,9-11H2,(H,19,21). The van der Waals surface area contributed by atoms with Crippen LogP contribution in [0, 0.1) is 0 Å². The van der Waals surface area contributed by atoms with Crippen molar-refractivity contribution >= 4 is 27.5 Å². The Morgan fingerprint density at radius 3 is 2.83 bits per heavy atom. The van der Waals surface area contributed by atoms with Gasteiger partial charge in [-0.3, -0.25) is 4.79 Å². The molecule has 0 saturated heterocycles. The maximum atomic E-state index is 12.3. The molecule has 1 aliphatic rings. The molecule has 0 radical (unpaired) electrons. The molecule has 1 aromatic heterocycles. The molecule has 0 saturated carbocycles. The molecule has 1 unspecified atom stereocenters. The van der Waals surface area contributed by atoms with Crippen LogP contribution in [0.1, 0.15) is 20.9 Å². The van der Waals surface area contributed by atoms with E-state index in [4.69, 9.17) is 4.74 Å². The van der Waals surface area contributed by atoms with E-state index in [0.29, 0.717) is 18.2 Å². The SMILES string of the molecule is O=C(NCC1Cc2ccccc2CO1)c1nc2ccccc2s1. The fraction of sp³-hybridized carbons (Fsp3) is 0.222. The summed E-state index contributed by atoms with van der Waals surface area (Å²) in [5, 5.41) is 3.45. The first kappa shape index (κ1) is 14.4. The Kier molecular flexibility index (Phi) is 3.81. The van der Waals surface area contributed by atoms with Gasteiger partial charge in [-0.15, -0.1) is 11.3 Å². The van der Waals surface area contributed by atoms with Gasteiger partial charge in [0.25, 0.3) is 5.91 Å². The number of nitrogens with one attached hydrogen (secondary N) is 1. The molecule has 0 aliphatic carbocycles. The van der Waals surface area contributed by atoms with Crippen LogP contribution < -0.4 is 5.32 Å². The second kappa shape index (κ2) is 6.10. The molecule has 1 atom stereocenters. The average molecular weight is 324 g/mol. The Hall–Kier alpha value is -2.24. The van der Waals surface area contributed by atoms with E-state index in [9.17, 15) is 4.79 Å². The lowest BCUT2D eigenvalue weighted by atomic mass is 9.99. The van der Waals surface area contributed by atoms with Crippen LogP contribution in [0.3, 0.4) is 0 Å². The number of para-hydroxylation sites is 1. The van der Waals surface area contributed by atoms with Crippen LogP contribution in [-0.2, 0) is 17.8 Å². The van der Waals surface area contributed by atoms with Gasteiger partial charge in [-0.1, -0.05) is 36.4 Å². The van der Waals surface area contributed by atoms with Crippen molar-refractivity contribution < 1.29 is 9.53 Å². The summed E-state index contributed by atoms with van der Waals surface area (Å²) in [5.74, 6) is -0.131. The number of thiazole rings is 1. The molecule has 1 N–H and O–H groups in total. The van der Waals surface area contributed by atoms with Crippen molar-refractivity contribution in [1.29, 1.82) is 0 Å². The summed E-state index contributed by atoms with van der Waals surface area (Å²) in [7, 11) is 0. The zero-order valence-corrected chi connectivity index (χ0v) is 13.3. The third-order valence-corrected chi connectivity index (χ3v) is 5.05. The van der Waals surface area contributed by atoms with Crippen molar-refractivity contribution in [2.24, 2.45) is 0 Å². The molecule has 5 heteroatoms. The molecule has 0 fully saturated rings. The third kappa shape index (κ3) is 2.98. The number of rotatable bonds is 3. The lowest BCUT2D eigenvalue weighted by Crippen LogP contribution is -2.36. The first-order valence-electron chi connectivity index (χ1n) is 7.62. The summed E-state index contributed by atoms with van der Waals surface area (Å²) < 4.78 is 6.85. The molecule has 23 heavy (non-hydrogen) atoms. The van der Waals surface area contributed by atoms with Crippen LogP contribution in [0.4, 0.5) is 0 Å². The summed E-state index contributed by atoms with van der Waals surface area (Å²) in [6.45, 7) is 1.11. The molecule has 116 valence electrons. The molecule has 1 amide bonds. The van der Waals surface area contributed by atoms with Gasteiger partial charge in [0.2, 0.25) is 0 Å². The molecule has 3 aromatic rings. The molecular formula is C18H16N2O2S. The molecular weight excluding hydrogens is 308 g/mol.